The summed E-state index contributed by atoms with van der Waals surface area (Å²) in [5, 5.41) is 0. The van der Waals surface area contributed by atoms with Gasteiger partial charge in [-0.3, -0.25) is 0 Å². The van der Waals surface area contributed by atoms with Crippen molar-refractivity contribution in [3.8, 4) is 0 Å². The maximum atomic E-state index is 4.20. The fraction of sp³-hybridized carbons (Fsp3) is 0.273. The number of nitrogens with zero attached hydrogens (tertiary/aromatic N) is 3. The summed E-state index contributed by atoms with van der Waals surface area (Å²) < 4.78 is 2.24. The molecule has 2 aromatic heterocycles. The Morgan fingerprint density at radius 2 is 1.86 bits per heavy atom. The van der Waals surface area contributed by atoms with E-state index in [0.29, 0.717) is 0 Å². The quantitative estimate of drug-likeness (QED) is 0.719. The molecule has 2 heterocycles. The Morgan fingerprint density at radius 3 is 2.43 bits per heavy atom. The Morgan fingerprint density at radius 1 is 1.14 bits per heavy atom. The van der Waals surface area contributed by atoms with Crippen LogP contribution in [0.5, 0.6) is 0 Å². The Hall–Kier alpha value is -1.64. The molecule has 0 amide bonds. The van der Waals surface area contributed by atoms with Crippen molar-refractivity contribution in [2.75, 3.05) is 0 Å². The molecule has 0 N–H and O–H groups in total. The first-order chi connectivity index (χ1) is 6.77. The average molecular weight is 187 g/mol. The number of aryl methyl sites for hydroxylation is 2. The minimum atomic E-state index is 0.827. The summed E-state index contributed by atoms with van der Waals surface area (Å²) in [6.07, 6.45) is 3.36. The van der Waals surface area contributed by atoms with E-state index in [1.54, 1.807) is 12.5 Å². The molecule has 2 rings (SSSR count). The molecule has 0 spiro atoms. The van der Waals surface area contributed by atoms with Crippen molar-refractivity contribution in [1.29, 1.82) is 0 Å². The summed E-state index contributed by atoms with van der Waals surface area (Å²) in [4.78, 5) is 8.10. The lowest BCUT2D eigenvalue weighted by molar-refractivity contribution is 0.728. The second kappa shape index (κ2) is 3.62. The Kier molecular flexibility index (Phi) is 2.31. The first-order valence-electron chi connectivity index (χ1n) is 4.65. The van der Waals surface area contributed by atoms with Gasteiger partial charge in [0.15, 0.2) is 0 Å². The third-order valence-electron chi connectivity index (χ3n) is 2.38. The molecule has 0 aliphatic heterocycles. The fourth-order valence-electron chi connectivity index (χ4n) is 1.52. The summed E-state index contributed by atoms with van der Waals surface area (Å²) in [7, 11) is 0. The number of rotatable bonds is 2. The van der Waals surface area contributed by atoms with E-state index in [9.17, 15) is 0 Å². The van der Waals surface area contributed by atoms with E-state index in [1.807, 2.05) is 6.07 Å². The van der Waals surface area contributed by atoms with Gasteiger partial charge in [0, 0.05) is 17.6 Å². The molecule has 0 aliphatic rings. The van der Waals surface area contributed by atoms with Gasteiger partial charge in [-0.2, -0.15) is 0 Å². The number of aromatic nitrogens is 3. The maximum Gasteiger partial charge on any atom is 0.115 e. The summed E-state index contributed by atoms with van der Waals surface area (Å²) in [5.74, 6) is 0. The van der Waals surface area contributed by atoms with Gasteiger partial charge < -0.3 is 4.57 Å². The van der Waals surface area contributed by atoms with Gasteiger partial charge in [0.1, 0.15) is 6.33 Å². The maximum absolute atomic E-state index is 4.20. The normalized spacial score (nSPS) is 10.4. The molecule has 3 heteroatoms. The zero-order chi connectivity index (χ0) is 9.97. The van der Waals surface area contributed by atoms with Gasteiger partial charge in [-0.05, 0) is 32.0 Å². The van der Waals surface area contributed by atoms with Crippen LogP contribution in [0.25, 0.3) is 0 Å². The van der Waals surface area contributed by atoms with Crippen molar-refractivity contribution in [2.24, 2.45) is 0 Å². The van der Waals surface area contributed by atoms with Crippen LogP contribution in [0.3, 0.4) is 0 Å². The number of hydrogen-bond donors (Lipinski definition) is 0. The molecule has 14 heavy (non-hydrogen) atoms. The first kappa shape index (κ1) is 8.94. The fourth-order valence-corrected chi connectivity index (χ4v) is 1.52. The molecule has 2 aromatic rings. The van der Waals surface area contributed by atoms with E-state index >= 15 is 0 Å². The van der Waals surface area contributed by atoms with E-state index in [4.69, 9.17) is 0 Å². The van der Waals surface area contributed by atoms with Crippen molar-refractivity contribution in [2.45, 2.75) is 20.4 Å². The summed E-state index contributed by atoms with van der Waals surface area (Å²) in [5.41, 5.74) is 3.57. The van der Waals surface area contributed by atoms with Crippen LogP contribution in [0.2, 0.25) is 0 Å². The van der Waals surface area contributed by atoms with Gasteiger partial charge in [-0.1, -0.05) is 0 Å². The topological polar surface area (TPSA) is 30.7 Å². The van der Waals surface area contributed by atoms with Gasteiger partial charge >= 0.3 is 0 Å². The lowest BCUT2D eigenvalue weighted by Crippen LogP contribution is -2.04. The lowest BCUT2D eigenvalue weighted by Gasteiger charge is -2.07. The second-order valence-electron chi connectivity index (χ2n) is 3.40. The van der Waals surface area contributed by atoms with Crippen LogP contribution in [0.4, 0.5) is 0 Å². The van der Waals surface area contributed by atoms with Crippen LogP contribution in [-0.4, -0.2) is 14.5 Å². The Bertz CT molecular complexity index is 398. The average Bonchev–Trinajstić information content (AvgIpc) is 2.51. The third kappa shape index (κ3) is 1.66. The highest BCUT2D eigenvalue weighted by molar-refractivity contribution is 5.15. The van der Waals surface area contributed by atoms with Crippen molar-refractivity contribution in [1.82, 2.24) is 14.5 Å². The van der Waals surface area contributed by atoms with Crippen molar-refractivity contribution in [3.05, 3.63) is 47.8 Å². The van der Waals surface area contributed by atoms with Gasteiger partial charge in [-0.15, -0.1) is 0 Å². The van der Waals surface area contributed by atoms with Crippen molar-refractivity contribution in [3.63, 3.8) is 0 Å². The minimum absolute atomic E-state index is 0.827. The van der Waals surface area contributed by atoms with E-state index in [-0.39, 0.29) is 0 Å². The first-order valence-corrected chi connectivity index (χ1v) is 4.65. The zero-order valence-corrected chi connectivity index (χ0v) is 8.44. The number of hydrogen-bond acceptors (Lipinski definition) is 2. The molecule has 0 atom stereocenters. The SMILES string of the molecule is Cc1ccc(C)n1Cc1ccncn1. The molecule has 0 saturated heterocycles. The highest BCUT2D eigenvalue weighted by Crippen LogP contribution is 2.09. The predicted molar refractivity (Wildman–Crippen MR) is 55.0 cm³/mol. The smallest absolute Gasteiger partial charge is 0.115 e. The van der Waals surface area contributed by atoms with Crippen molar-refractivity contribution >= 4 is 0 Å². The standard InChI is InChI=1S/C11H13N3/c1-9-3-4-10(2)14(9)7-11-5-6-12-8-13-11/h3-6,8H,7H2,1-2H3. The highest BCUT2D eigenvalue weighted by atomic mass is 15.0. The molecule has 72 valence electrons. The van der Waals surface area contributed by atoms with Crippen LogP contribution >= 0.6 is 0 Å². The third-order valence-corrected chi connectivity index (χ3v) is 2.38. The van der Waals surface area contributed by atoms with Crippen molar-refractivity contribution < 1.29 is 0 Å². The van der Waals surface area contributed by atoms with E-state index in [1.165, 1.54) is 11.4 Å². The van der Waals surface area contributed by atoms with Gasteiger partial charge in [0.2, 0.25) is 0 Å². The molecule has 0 bridgehead atoms. The minimum Gasteiger partial charge on any atom is -0.343 e. The van der Waals surface area contributed by atoms with Crippen LogP contribution in [-0.2, 0) is 6.54 Å². The van der Waals surface area contributed by atoms with E-state index in [2.05, 4.69) is 40.5 Å². The second-order valence-corrected chi connectivity index (χ2v) is 3.40. The van der Waals surface area contributed by atoms with Gasteiger partial charge in [0.05, 0.1) is 12.2 Å². The lowest BCUT2D eigenvalue weighted by atomic mass is 10.4. The molecular formula is C11H13N3. The summed E-state index contributed by atoms with van der Waals surface area (Å²) >= 11 is 0. The molecule has 0 saturated carbocycles. The predicted octanol–water partition coefficient (Wildman–Crippen LogP) is 1.94. The van der Waals surface area contributed by atoms with E-state index < -0.39 is 0 Å². The monoisotopic (exact) mass is 187 g/mol. The van der Waals surface area contributed by atoms with Crippen LogP contribution < -0.4 is 0 Å². The van der Waals surface area contributed by atoms with Crippen LogP contribution in [0.1, 0.15) is 17.1 Å². The molecule has 3 nitrogen and oxygen atoms in total. The summed E-state index contributed by atoms with van der Waals surface area (Å²) in [6.45, 7) is 5.04. The van der Waals surface area contributed by atoms with E-state index in [0.717, 1.165) is 12.2 Å². The molecular weight excluding hydrogens is 174 g/mol. The largest absolute Gasteiger partial charge is 0.343 e. The molecule has 0 fully saturated rings. The highest BCUT2D eigenvalue weighted by Gasteiger charge is 2.01. The molecule has 0 radical (unpaired) electrons. The zero-order valence-electron chi connectivity index (χ0n) is 8.44. The Balaban J connectivity index is 2.27. The Labute approximate surface area is 83.4 Å². The van der Waals surface area contributed by atoms with Gasteiger partial charge in [-0.25, -0.2) is 9.97 Å². The van der Waals surface area contributed by atoms with Crippen LogP contribution in [0, 0.1) is 13.8 Å². The molecule has 0 unspecified atom stereocenters. The molecule has 0 aliphatic carbocycles. The summed E-state index contributed by atoms with van der Waals surface area (Å²) in [6, 6.07) is 6.19. The molecule has 0 aromatic carbocycles. The van der Waals surface area contributed by atoms with Crippen LogP contribution in [0.15, 0.2) is 30.7 Å². The van der Waals surface area contributed by atoms with Gasteiger partial charge in [0.25, 0.3) is 0 Å².